The van der Waals surface area contributed by atoms with Gasteiger partial charge in [0.2, 0.25) is 0 Å². The minimum atomic E-state index is -0.142. The van der Waals surface area contributed by atoms with Crippen LogP contribution in [0.5, 0.6) is 0 Å². The zero-order chi connectivity index (χ0) is 14.7. The van der Waals surface area contributed by atoms with Crippen molar-refractivity contribution in [1.29, 1.82) is 0 Å². The lowest BCUT2D eigenvalue weighted by Gasteiger charge is -2.26. The quantitative estimate of drug-likeness (QED) is 0.877. The highest BCUT2D eigenvalue weighted by Gasteiger charge is 2.21. The molecule has 0 aliphatic carbocycles. The molecule has 1 aliphatic rings. The summed E-state index contributed by atoms with van der Waals surface area (Å²) in [5.74, 6) is 0.947. The highest BCUT2D eigenvalue weighted by Crippen LogP contribution is 2.36. The maximum Gasteiger partial charge on any atom is 0.123 e. The van der Waals surface area contributed by atoms with Crippen LogP contribution in [-0.2, 0) is 13.0 Å². The second-order valence-corrected chi connectivity index (χ2v) is 6.51. The van der Waals surface area contributed by atoms with E-state index in [-0.39, 0.29) is 11.9 Å². The molecule has 0 saturated carbocycles. The van der Waals surface area contributed by atoms with Crippen molar-refractivity contribution in [3.8, 4) is 0 Å². The van der Waals surface area contributed by atoms with Gasteiger partial charge in [0.05, 0.1) is 0 Å². The van der Waals surface area contributed by atoms with Crippen LogP contribution in [0.3, 0.4) is 0 Å². The Balaban J connectivity index is 1.76. The largest absolute Gasteiger partial charge is 0.306 e. The lowest BCUT2D eigenvalue weighted by Crippen LogP contribution is -2.24. The Morgan fingerprint density at radius 3 is 2.81 bits per heavy atom. The third-order valence-electron chi connectivity index (χ3n) is 4.05. The molecular formula is C18H20FNS. The molecule has 0 spiro atoms. The number of aryl methyl sites for hydroxylation is 1. The third kappa shape index (κ3) is 3.30. The molecule has 1 atom stereocenters. The first kappa shape index (κ1) is 14.6. The number of benzene rings is 2. The second-order valence-electron chi connectivity index (χ2n) is 5.38. The fourth-order valence-electron chi connectivity index (χ4n) is 2.89. The zero-order valence-corrected chi connectivity index (χ0v) is 13.0. The van der Waals surface area contributed by atoms with Crippen LogP contribution in [0.1, 0.15) is 36.1 Å². The topological polar surface area (TPSA) is 12.0 Å². The van der Waals surface area contributed by atoms with Crippen LogP contribution in [0.15, 0.2) is 47.4 Å². The van der Waals surface area contributed by atoms with E-state index in [4.69, 9.17) is 0 Å². The molecule has 1 aliphatic heterocycles. The molecule has 2 aromatic carbocycles. The van der Waals surface area contributed by atoms with E-state index >= 15 is 0 Å². The number of halogens is 1. The fourth-order valence-corrected chi connectivity index (χ4v) is 3.99. The number of hydrogen-bond acceptors (Lipinski definition) is 2. The van der Waals surface area contributed by atoms with Crippen molar-refractivity contribution in [1.82, 2.24) is 5.32 Å². The molecule has 0 aromatic heterocycles. The summed E-state index contributed by atoms with van der Waals surface area (Å²) < 4.78 is 13.5. The molecule has 21 heavy (non-hydrogen) atoms. The summed E-state index contributed by atoms with van der Waals surface area (Å²) in [6.07, 6.45) is 2.10. The van der Waals surface area contributed by atoms with Crippen molar-refractivity contribution >= 4 is 11.8 Å². The van der Waals surface area contributed by atoms with Gasteiger partial charge >= 0.3 is 0 Å². The van der Waals surface area contributed by atoms with Crippen LogP contribution in [0.2, 0.25) is 0 Å². The molecule has 1 nitrogen and oxygen atoms in total. The molecule has 110 valence electrons. The van der Waals surface area contributed by atoms with Gasteiger partial charge in [0, 0.05) is 17.5 Å². The van der Waals surface area contributed by atoms with Gasteiger partial charge in [0.15, 0.2) is 0 Å². The van der Waals surface area contributed by atoms with Gasteiger partial charge in [-0.2, -0.15) is 0 Å². The Hall–Kier alpha value is -1.32. The number of nitrogens with one attached hydrogen (secondary N) is 1. The smallest absolute Gasteiger partial charge is 0.123 e. The van der Waals surface area contributed by atoms with Gasteiger partial charge in [0.1, 0.15) is 5.82 Å². The number of rotatable bonds is 4. The summed E-state index contributed by atoms with van der Waals surface area (Å²) >= 11 is 1.82. The minimum absolute atomic E-state index is 0.142. The summed E-state index contributed by atoms with van der Waals surface area (Å²) in [7, 11) is 0. The summed E-state index contributed by atoms with van der Waals surface area (Å²) in [6, 6.07) is 13.9. The van der Waals surface area contributed by atoms with Gasteiger partial charge in [-0.3, -0.25) is 0 Å². The maximum absolute atomic E-state index is 13.5. The predicted octanol–water partition coefficient (Wildman–Crippen LogP) is 4.71. The first-order valence-corrected chi connectivity index (χ1v) is 8.49. The van der Waals surface area contributed by atoms with E-state index in [1.54, 1.807) is 12.1 Å². The molecule has 0 bridgehead atoms. The van der Waals surface area contributed by atoms with Gasteiger partial charge in [0.25, 0.3) is 0 Å². The van der Waals surface area contributed by atoms with E-state index in [2.05, 4.69) is 36.5 Å². The Morgan fingerprint density at radius 1 is 1.19 bits per heavy atom. The minimum Gasteiger partial charge on any atom is -0.306 e. The van der Waals surface area contributed by atoms with Crippen LogP contribution < -0.4 is 5.32 Å². The Kier molecular flexibility index (Phi) is 4.61. The molecular weight excluding hydrogens is 281 g/mol. The molecule has 0 saturated heterocycles. The second kappa shape index (κ2) is 6.63. The summed E-state index contributed by atoms with van der Waals surface area (Å²) in [5, 5.41) is 3.62. The molecule has 3 heteroatoms. The first-order valence-electron chi connectivity index (χ1n) is 7.50. The summed E-state index contributed by atoms with van der Waals surface area (Å²) in [5.41, 5.74) is 3.84. The lowest BCUT2D eigenvalue weighted by molar-refractivity contribution is 0.503. The first-order chi connectivity index (χ1) is 10.3. The summed E-state index contributed by atoms with van der Waals surface area (Å²) in [4.78, 5) is 1.21. The number of fused-ring (bicyclic) bond motifs is 1. The van der Waals surface area contributed by atoms with Gasteiger partial charge in [-0.1, -0.05) is 31.2 Å². The standard InChI is InChI=1S/C18H20FNS/c1-2-13-5-3-4-6-14(13)12-20-17-9-10-21-18-8-7-15(19)11-16(17)18/h3-8,11,17,20H,2,9-10,12H2,1H3. The van der Waals surface area contributed by atoms with Crippen molar-refractivity contribution in [2.45, 2.75) is 37.2 Å². The molecule has 3 rings (SSSR count). The SMILES string of the molecule is CCc1ccccc1CNC1CCSc2ccc(F)cc21. The lowest BCUT2D eigenvalue weighted by atomic mass is 10.0. The molecule has 1 unspecified atom stereocenters. The van der Waals surface area contributed by atoms with E-state index < -0.39 is 0 Å². The highest BCUT2D eigenvalue weighted by atomic mass is 32.2. The van der Waals surface area contributed by atoms with Gasteiger partial charge < -0.3 is 5.32 Å². The summed E-state index contributed by atoms with van der Waals surface area (Å²) in [6.45, 7) is 3.02. The fraction of sp³-hybridized carbons (Fsp3) is 0.333. The van der Waals surface area contributed by atoms with Crippen LogP contribution in [0.25, 0.3) is 0 Å². The van der Waals surface area contributed by atoms with E-state index in [1.807, 2.05) is 17.8 Å². The molecule has 0 fully saturated rings. The van der Waals surface area contributed by atoms with Gasteiger partial charge in [-0.25, -0.2) is 4.39 Å². The average molecular weight is 301 g/mol. The Morgan fingerprint density at radius 2 is 2.00 bits per heavy atom. The molecule has 2 aromatic rings. The monoisotopic (exact) mass is 301 g/mol. The van der Waals surface area contributed by atoms with Crippen LogP contribution >= 0.6 is 11.8 Å². The molecule has 1 N–H and O–H groups in total. The van der Waals surface area contributed by atoms with Crippen LogP contribution in [0, 0.1) is 5.82 Å². The third-order valence-corrected chi connectivity index (χ3v) is 5.17. The number of hydrogen-bond donors (Lipinski definition) is 1. The highest BCUT2D eigenvalue weighted by molar-refractivity contribution is 7.99. The molecule has 0 amide bonds. The number of thioether (sulfide) groups is 1. The van der Waals surface area contributed by atoms with Gasteiger partial charge in [-0.15, -0.1) is 11.8 Å². The normalized spacial score (nSPS) is 17.5. The average Bonchev–Trinajstić information content (AvgIpc) is 2.53. The van der Waals surface area contributed by atoms with E-state index in [9.17, 15) is 4.39 Å². The zero-order valence-electron chi connectivity index (χ0n) is 12.2. The molecule has 0 radical (unpaired) electrons. The van der Waals surface area contributed by atoms with Crippen molar-refractivity contribution < 1.29 is 4.39 Å². The predicted molar refractivity (Wildman–Crippen MR) is 87.1 cm³/mol. The maximum atomic E-state index is 13.5. The van der Waals surface area contributed by atoms with E-state index in [0.29, 0.717) is 0 Å². The van der Waals surface area contributed by atoms with Crippen molar-refractivity contribution in [2.24, 2.45) is 0 Å². The van der Waals surface area contributed by atoms with E-state index in [1.165, 1.54) is 16.0 Å². The van der Waals surface area contributed by atoms with Crippen molar-refractivity contribution in [3.05, 3.63) is 65.0 Å². The Labute approximate surface area is 130 Å². The van der Waals surface area contributed by atoms with Crippen LogP contribution in [0.4, 0.5) is 4.39 Å². The van der Waals surface area contributed by atoms with Gasteiger partial charge in [-0.05, 0) is 53.5 Å². The van der Waals surface area contributed by atoms with Crippen molar-refractivity contribution in [2.75, 3.05) is 5.75 Å². The van der Waals surface area contributed by atoms with Crippen molar-refractivity contribution in [3.63, 3.8) is 0 Å². The Bertz CT molecular complexity index is 626. The van der Waals surface area contributed by atoms with Crippen LogP contribution in [-0.4, -0.2) is 5.75 Å². The van der Waals surface area contributed by atoms with E-state index in [0.717, 1.165) is 30.7 Å². The molecule has 1 heterocycles.